The lowest BCUT2D eigenvalue weighted by Gasteiger charge is -2.24. The molecule has 2 unspecified atom stereocenters. The number of aliphatic imine (C=N–C) groups is 2. The summed E-state index contributed by atoms with van der Waals surface area (Å²) >= 11 is 0. The van der Waals surface area contributed by atoms with E-state index < -0.39 is 0 Å². The smallest absolute Gasteiger partial charge is 0.207 e. The summed E-state index contributed by atoms with van der Waals surface area (Å²) in [6.07, 6.45) is 9.84. The predicted molar refractivity (Wildman–Crippen MR) is 227 cm³/mol. The highest BCUT2D eigenvalue weighted by Gasteiger charge is 2.41. The third-order valence-corrected chi connectivity index (χ3v) is 11.6. The quantitative estimate of drug-likeness (QED) is 0.144. The van der Waals surface area contributed by atoms with Crippen molar-refractivity contribution in [1.29, 1.82) is 0 Å². The molecule has 5 nitrogen and oxygen atoms in total. The first-order valence-corrected chi connectivity index (χ1v) is 18.9. The third kappa shape index (κ3) is 4.71. The Morgan fingerprint density at radius 3 is 2.11 bits per heavy atom. The van der Waals surface area contributed by atoms with Crippen molar-refractivity contribution in [2.75, 3.05) is 0 Å². The lowest BCUT2D eigenvalue weighted by atomic mass is 9.80. The molecule has 0 saturated heterocycles. The summed E-state index contributed by atoms with van der Waals surface area (Å²) in [6.45, 7) is 6.87. The molecule has 0 fully saturated rings. The molecule has 0 bridgehead atoms. The van der Waals surface area contributed by atoms with Gasteiger partial charge in [0.1, 0.15) is 0 Å². The van der Waals surface area contributed by atoms with Crippen molar-refractivity contribution >= 4 is 55.4 Å². The zero-order valence-electron chi connectivity index (χ0n) is 30.7. The SMILES string of the molecule is CC(N=C(N=C(N)n1c2ccccc2c2c3c(c4c5ccccc5n(C5C=CC=CC5)c4c21)-c1ccccc1C3(C)C)c1ccccc1)c1ccccc1. The molecule has 8 aromatic rings. The average Bonchev–Trinajstić information content (AvgIpc) is 3.82. The van der Waals surface area contributed by atoms with Crippen molar-refractivity contribution < 1.29 is 0 Å². The van der Waals surface area contributed by atoms with Crippen LogP contribution in [0.25, 0.3) is 54.7 Å². The van der Waals surface area contributed by atoms with Crippen LogP contribution in [0.2, 0.25) is 0 Å². The van der Waals surface area contributed by atoms with Gasteiger partial charge in [0.15, 0.2) is 5.84 Å². The van der Waals surface area contributed by atoms with Crippen molar-refractivity contribution in [3.05, 3.63) is 180 Å². The highest BCUT2D eigenvalue weighted by atomic mass is 15.2. The van der Waals surface area contributed by atoms with Crippen LogP contribution in [-0.4, -0.2) is 20.9 Å². The summed E-state index contributed by atoms with van der Waals surface area (Å²) in [5.41, 5.74) is 19.0. The number of nitrogens with zero attached hydrogens (tertiary/aromatic N) is 4. The van der Waals surface area contributed by atoms with Crippen molar-refractivity contribution in [3.8, 4) is 11.1 Å². The molecular weight excluding hydrogens is 659 g/mol. The molecule has 2 heterocycles. The van der Waals surface area contributed by atoms with E-state index in [0.717, 1.165) is 34.0 Å². The van der Waals surface area contributed by atoms with Gasteiger partial charge in [0.25, 0.3) is 0 Å². The zero-order chi connectivity index (χ0) is 36.6. The number of amidine groups is 1. The molecule has 0 radical (unpaired) electrons. The van der Waals surface area contributed by atoms with Gasteiger partial charge in [-0.15, -0.1) is 0 Å². The van der Waals surface area contributed by atoms with Crippen molar-refractivity contribution in [3.63, 3.8) is 0 Å². The Morgan fingerprint density at radius 1 is 0.722 bits per heavy atom. The van der Waals surface area contributed by atoms with Gasteiger partial charge in [0, 0.05) is 38.0 Å². The van der Waals surface area contributed by atoms with E-state index in [2.05, 4.69) is 163 Å². The molecule has 262 valence electrons. The molecular formula is C49H41N5. The van der Waals surface area contributed by atoms with Gasteiger partial charge >= 0.3 is 0 Å². The van der Waals surface area contributed by atoms with E-state index in [-0.39, 0.29) is 17.5 Å². The van der Waals surface area contributed by atoms with Crippen molar-refractivity contribution in [2.45, 2.75) is 44.7 Å². The standard InChI is InChI=1S/C49H41N5/c1-31(32-19-7-4-8-20-32)51-47(33-21-9-5-10-22-33)52-48(50)54-40-30-18-15-27-37(40)43-44-41(35-25-13-16-28-38(35)49(44,2)3)42-36-26-14-17-29-39(36)53(45(42)46(43)54)34-23-11-6-12-24-34/h4-23,25-31,34H,24H2,1-3H3,(H2,50,51,52). The molecule has 2 N–H and O–H groups in total. The number of allylic oxidation sites excluding steroid dienone is 4. The van der Waals surface area contributed by atoms with E-state index in [1.807, 2.05) is 24.3 Å². The first-order chi connectivity index (χ1) is 26.4. The number of hydrogen-bond acceptors (Lipinski definition) is 1. The molecule has 10 rings (SSSR count). The predicted octanol–water partition coefficient (Wildman–Crippen LogP) is 11.6. The molecule has 5 heteroatoms. The number of benzene rings is 6. The fraction of sp³-hybridized carbons (Fsp3) is 0.143. The molecule has 0 saturated carbocycles. The Morgan fingerprint density at radius 2 is 1.37 bits per heavy atom. The number of para-hydroxylation sites is 2. The van der Waals surface area contributed by atoms with Gasteiger partial charge in [-0.3, -0.25) is 9.56 Å². The van der Waals surface area contributed by atoms with E-state index in [4.69, 9.17) is 15.7 Å². The summed E-state index contributed by atoms with van der Waals surface area (Å²) in [6, 6.07) is 47.2. The second-order valence-electron chi connectivity index (χ2n) is 15.1. The van der Waals surface area contributed by atoms with Gasteiger partial charge in [0.2, 0.25) is 5.96 Å². The van der Waals surface area contributed by atoms with Crippen LogP contribution in [0.15, 0.2) is 168 Å². The van der Waals surface area contributed by atoms with Crippen LogP contribution in [-0.2, 0) is 5.41 Å². The van der Waals surface area contributed by atoms with Crippen molar-refractivity contribution in [2.24, 2.45) is 15.7 Å². The molecule has 0 amide bonds. The Kier molecular flexibility index (Phi) is 7.34. The molecule has 2 atom stereocenters. The second kappa shape index (κ2) is 12.3. The van der Waals surface area contributed by atoms with Crippen LogP contribution < -0.4 is 5.73 Å². The summed E-state index contributed by atoms with van der Waals surface area (Å²) < 4.78 is 4.78. The van der Waals surface area contributed by atoms with Crippen LogP contribution in [0.1, 0.15) is 61.5 Å². The lowest BCUT2D eigenvalue weighted by Crippen LogP contribution is -2.25. The molecule has 6 aromatic carbocycles. The van der Waals surface area contributed by atoms with Crippen molar-refractivity contribution in [1.82, 2.24) is 9.13 Å². The summed E-state index contributed by atoms with van der Waals surface area (Å²) in [5, 5.41) is 4.90. The monoisotopic (exact) mass is 699 g/mol. The molecule has 2 aromatic heterocycles. The number of rotatable bonds is 4. The molecule has 2 aliphatic rings. The van der Waals surface area contributed by atoms with E-state index in [0.29, 0.717) is 11.8 Å². The summed E-state index contributed by atoms with van der Waals surface area (Å²) in [7, 11) is 0. The average molecular weight is 700 g/mol. The molecule has 0 spiro atoms. The highest BCUT2D eigenvalue weighted by molar-refractivity contribution is 6.32. The second-order valence-corrected chi connectivity index (χ2v) is 15.1. The van der Waals surface area contributed by atoms with Gasteiger partial charge in [-0.05, 0) is 53.3 Å². The van der Waals surface area contributed by atoms with Gasteiger partial charge in [-0.25, -0.2) is 0 Å². The van der Waals surface area contributed by atoms with Crippen LogP contribution in [0, 0.1) is 0 Å². The molecule has 54 heavy (non-hydrogen) atoms. The van der Waals surface area contributed by atoms with Crippen LogP contribution in [0.5, 0.6) is 0 Å². The summed E-state index contributed by atoms with van der Waals surface area (Å²) in [5.74, 6) is 0.982. The number of fused-ring (bicyclic) bond motifs is 12. The van der Waals surface area contributed by atoms with Gasteiger partial charge < -0.3 is 10.3 Å². The van der Waals surface area contributed by atoms with E-state index in [9.17, 15) is 0 Å². The fourth-order valence-corrected chi connectivity index (χ4v) is 9.24. The van der Waals surface area contributed by atoms with Gasteiger partial charge in [0.05, 0.1) is 28.6 Å². The minimum atomic E-state index is -0.266. The number of aromatic nitrogens is 2. The minimum absolute atomic E-state index is 0.126. The van der Waals surface area contributed by atoms with E-state index in [1.165, 1.54) is 49.4 Å². The van der Waals surface area contributed by atoms with Gasteiger partial charge in [-0.1, -0.05) is 159 Å². The minimum Gasteiger partial charge on any atom is -0.369 e. The molecule has 2 aliphatic carbocycles. The van der Waals surface area contributed by atoms with E-state index >= 15 is 0 Å². The van der Waals surface area contributed by atoms with Crippen LogP contribution in [0.4, 0.5) is 0 Å². The first kappa shape index (κ1) is 32.2. The normalized spacial score (nSPS) is 17.1. The Balaban J connectivity index is 1.38. The Hall–Kier alpha value is -6.46. The third-order valence-electron chi connectivity index (χ3n) is 11.6. The maximum absolute atomic E-state index is 7.43. The number of hydrogen-bond donors (Lipinski definition) is 1. The molecule has 0 aliphatic heterocycles. The Bertz CT molecular complexity index is 2900. The fourth-order valence-electron chi connectivity index (χ4n) is 9.24. The lowest BCUT2D eigenvalue weighted by molar-refractivity contribution is 0.648. The largest absolute Gasteiger partial charge is 0.369 e. The topological polar surface area (TPSA) is 60.6 Å². The first-order valence-electron chi connectivity index (χ1n) is 18.9. The zero-order valence-corrected chi connectivity index (χ0v) is 30.7. The van der Waals surface area contributed by atoms with Gasteiger partial charge in [-0.2, -0.15) is 4.99 Å². The number of nitrogens with two attached hydrogens (primary N) is 1. The Labute approximate surface area is 315 Å². The maximum atomic E-state index is 7.43. The maximum Gasteiger partial charge on any atom is 0.207 e. The van der Waals surface area contributed by atoms with Crippen LogP contribution in [0.3, 0.4) is 0 Å². The van der Waals surface area contributed by atoms with Crippen LogP contribution >= 0.6 is 0 Å². The van der Waals surface area contributed by atoms with E-state index in [1.54, 1.807) is 0 Å². The highest BCUT2D eigenvalue weighted by Crippen LogP contribution is 2.58. The summed E-state index contributed by atoms with van der Waals surface area (Å²) in [4.78, 5) is 10.5.